The number of fused-ring (bicyclic) bond motifs is 2. The number of hydrogen-bond donors (Lipinski definition) is 1. The molecule has 0 spiro atoms. The Labute approximate surface area is 198 Å². The van der Waals surface area contributed by atoms with Crippen molar-refractivity contribution in [2.75, 3.05) is 11.6 Å². The van der Waals surface area contributed by atoms with Crippen molar-refractivity contribution < 1.29 is 27.1 Å². The molecule has 3 atom stereocenters. The van der Waals surface area contributed by atoms with Crippen LogP contribution in [0.1, 0.15) is 45.6 Å². The van der Waals surface area contributed by atoms with Gasteiger partial charge in [-0.3, -0.25) is 4.90 Å². The van der Waals surface area contributed by atoms with E-state index in [1.54, 1.807) is 11.8 Å². The van der Waals surface area contributed by atoms with Crippen molar-refractivity contribution in [1.82, 2.24) is 14.9 Å². The van der Waals surface area contributed by atoms with Crippen LogP contribution in [0.4, 0.5) is 20.7 Å². The first-order chi connectivity index (χ1) is 15.8. The molecule has 2 aliphatic heterocycles. The molecular formula is C23H29FN4O5S. The molecule has 0 aliphatic carbocycles. The maximum absolute atomic E-state index is 14.5. The Bertz CT molecular complexity index is 1210. The van der Waals surface area contributed by atoms with E-state index in [4.69, 9.17) is 9.47 Å². The Balaban J connectivity index is 1.50. The van der Waals surface area contributed by atoms with Crippen molar-refractivity contribution in [1.29, 1.82) is 0 Å². The van der Waals surface area contributed by atoms with E-state index in [0.29, 0.717) is 23.7 Å². The van der Waals surface area contributed by atoms with Gasteiger partial charge < -0.3 is 14.8 Å². The predicted molar refractivity (Wildman–Crippen MR) is 123 cm³/mol. The third kappa shape index (κ3) is 4.94. The van der Waals surface area contributed by atoms with E-state index < -0.39 is 21.3 Å². The van der Waals surface area contributed by atoms with Crippen molar-refractivity contribution in [2.24, 2.45) is 0 Å². The summed E-state index contributed by atoms with van der Waals surface area (Å²) in [6.07, 6.45) is 4.17. The number of carbonyl (C=O) groups excluding carboxylic acids is 1. The fraction of sp³-hybridized carbons (Fsp3) is 0.522. The molecule has 2 unspecified atom stereocenters. The molecule has 2 bridgehead atoms. The molecule has 184 valence electrons. The number of nitrogens with zero attached hydrogens (tertiary/aromatic N) is 3. The molecule has 11 heteroatoms. The Morgan fingerprint density at radius 1 is 1.24 bits per heavy atom. The molecule has 2 aliphatic rings. The molecule has 2 fully saturated rings. The van der Waals surface area contributed by atoms with Crippen LogP contribution in [0.2, 0.25) is 0 Å². The summed E-state index contributed by atoms with van der Waals surface area (Å²) >= 11 is 0. The first-order valence-corrected chi connectivity index (χ1v) is 13.0. The van der Waals surface area contributed by atoms with Gasteiger partial charge in [0.25, 0.3) is 0 Å². The molecule has 0 saturated carbocycles. The Morgan fingerprint density at radius 2 is 1.97 bits per heavy atom. The molecule has 2 aromatic rings. The van der Waals surface area contributed by atoms with Crippen LogP contribution in [-0.4, -0.2) is 59.4 Å². The number of ether oxygens (including phenoxy) is 2. The molecule has 1 aromatic heterocycles. The van der Waals surface area contributed by atoms with Crippen molar-refractivity contribution in [3.05, 3.63) is 35.9 Å². The van der Waals surface area contributed by atoms with Crippen LogP contribution in [-0.2, 0) is 14.6 Å². The zero-order valence-corrected chi connectivity index (χ0v) is 20.6. The monoisotopic (exact) mass is 492 g/mol. The molecule has 9 nitrogen and oxygen atoms in total. The number of aromatic nitrogens is 2. The number of nitrogens with one attached hydrogen (secondary N) is 1. The predicted octanol–water partition coefficient (Wildman–Crippen LogP) is 3.99. The Hall–Kier alpha value is -2.95. The quantitative estimate of drug-likeness (QED) is 0.667. The van der Waals surface area contributed by atoms with E-state index in [1.807, 2.05) is 20.8 Å². The van der Waals surface area contributed by atoms with E-state index in [-0.39, 0.29) is 34.9 Å². The van der Waals surface area contributed by atoms with Crippen molar-refractivity contribution in [2.45, 2.75) is 75.6 Å². The fourth-order valence-corrected chi connectivity index (χ4v) is 5.07. The van der Waals surface area contributed by atoms with E-state index in [0.717, 1.165) is 25.2 Å². The summed E-state index contributed by atoms with van der Waals surface area (Å²) in [7, 11) is -3.52. The summed E-state index contributed by atoms with van der Waals surface area (Å²) in [4.78, 5) is 22.8. The average molecular weight is 493 g/mol. The second-order valence-corrected chi connectivity index (χ2v) is 11.8. The number of benzene rings is 1. The first kappa shape index (κ1) is 24.2. The maximum atomic E-state index is 14.5. The molecule has 3 heterocycles. The summed E-state index contributed by atoms with van der Waals surface area (Å²) in [6, 6.07) is 3.60. The van der Waals surface area contributed by atoms with E-state index >= 15 is 0 Å². The second kappa shape index (κ2) is 8.68. The smallest absolute Gasteiger partial charge is 0.410 e. The molecule has 1 aromatic carbocycles. The van der Waals surface area contributed by atoms with Crippen molar-refractivity contribution in [3.63, 3.8) is 0 Å². The minimum absolute atomic E-state index is 0.0621. The number of hydrogen-bond acceptors (Lipinski definition) is 8. The van der Waals surface area contributed by atoms with Crippen LogP contribution in [0.25, 0.3) is 0 Å². The van der Waals surface area contributed by atoms with Gasteiger partial charge in [-0.15, -0.1) is 0 Å². The topological polar surface area (TPSA) is 111 Å². The summed E-state index contributed by atoms with van der Waals surface area (Å²) in [5.74, 6) is -0.0416. The Morgan fingerprint density at radius 3 is 2.62 bits per heavy atom. The number of halogens is 1. The molecule has 4 rings (SSSR count). The molecule has 1 N–H and O–H groups in total. The highest BCUT2D eigenvalue weighted by Crippen LogP contribution is 2.41. The van der Waals surface area contributed by atoms with Gasteiger partial charge in [0.1, 0.15) is 29.7 Å². The van der Waals surface area contributed by atoms with Gasteiger partial charge >= 0.3 is 6.09 Å². The van der Waals surface area contributed by atoms with Gasteiger partial charge in [0.15, 0.2) is 9.84 Å². The standard InChI is InChI=1S/C23H29FN4O5S/c1-13-20(27-17-8-7-15(11-16(17)24)34(5,30)31)25-12-26-21(13)32-19-10-14-6-9-18(19)28(14)22(29)33-23(2,3)4/h7-8,11-12,14,18-19H,6,9-10H2,1-5H3,(H,25,26,27)/t14?,18?,19-/m0/s1. The van der Waals surface area contributed by atoms with Crippen molar-refractivity contribution >= 4 is 27.4 Å². The first-order valence-electron chi connectivity index (χ1n) is 11.1. The van der Waals surface area contributed by atoms with Crippen LogP contribution in [0.15, 0.2) is 29.4 Å². The summed E-state index contributed by atoms with van der Waals surface area (Å²) in [6.45, 7) is 7.27. The SMILES string of the molecule is Cc1c(Nc2ccc(S(C)(=O)=O)cc2F)ncnc1O[C@H]1CC2CCC1N2C(=O)OC(C)(C)C. The Kier molecular flexibility index (Phi) is 6.17. The maximum Gasteiger partial charge on any atom is 0.410 e. The van der Waals surface area contributed by atoms with Gasteiger partial charge in [-0.25, -0.2) is 27.6 Å². The highest BCUT2D eigenvalue weighted by Gasteiger charge is 2.51. The number of rotatable bonds is 5. The van der Waals surface area contributed by atoms with Crippen LogP contribution in [0.5, 0.6) is 5.88 Å². The highest BCUT2D eigenvalue weighted by atomic mass is 32.2. The highest BCUT2D eigenvalue weighted by molar-refractivity contribution is 7.90. The fourth-order valence-electron chi connectivity index (χ4n) is 4.44. The number of anilines is 2. The summed E-state index contributed by atoms with van der Waals surface area (Å²) in [5, 5.41) is 2.89. The molecule has 2 saturated heterocycles. The van der Waals surface area contributed by atoms with Gasteiger partial charge in [0, 0.05) is 18.7 Å². The van der Waals surface area contributed by atoms with Crippen molar-refractivity contribution in [3.8, 4) is 5.88 Å². The normalized spacial score (nSPS) is 22.1. The van der Waals surface area contributed by atoms with Gasteiger partial charge in [-0.1, -0.05) is 0 Å². The third-order valence-electron chi connectivity index (χ3n) is 6.01. The van der Waals surface area contributed by atoms with Gasteiger partial charge in [0.2, 0.25) is 5.88 Å². The molecule has 1 amide bonds. The number of amides is 1. The molecule has 0 radical (unpaired) electrons. The zero-order chi connectivity index (χ0) is 24.8. The third-order valence-corrected chi connectivity index (χ3v) is 7.12. The van der Waals surface area contributed by atoms with E-state index in [9.17, 15) is 17.6 Å². The van der Waals surface area contributed by atoms with Gasteiger partial charge in [-0.05, 0) is 58.7 Å². The number of carbonyl (C=O) groups is 1. The lowest BCUT2D eigenvalue weighted by atomic mass is 9.98. The van der Waals surface area contributed by atoms with Gasteiger partial charge in [0.05, 0.1) is 22.2 Å². The van der Waals surface area contributed by atoms with Crippen LogP contribution < -0.4 is 10.1 Å². The van der Waals surface area contributed by atoms with E-state index in [2.05, 4.69) is 15.3 Å². The van der Waals surface area contributed by atoms with E-state index in [1.165, 1.54) is 18.5 Å². The lowest BCUT2D eigenvalue weighted by Crippen LogP contribution is -2.42. The molecular weight excluding hydrogens is 463 g/mol. The number of sulfone groups is 1. The summed E-state index contributed by atoms with van der Waals surface area (Å²) in [5.41, 5.74) is 0.0745. The molecule has 34 heavy (non-hydrogen) atoms. The zero-order valence-electron chi connectivity index (χ0n) is 19.8. The minimum atomic E-state index is -3.52. The summed E-state index contributed by atoms with van der Waals surface area (Å²) < 4.78 is 49.6. The second-order valence-electron chi connectivity index (χ2n) is 9.77. The largest absolute Gasteiger partial charge is 0.472 e. The lowest BCUT2D eigenvalue weighted by molar-refractivity contribution is 0.0180. The van der Waals surface area contributed by atoms with Crippen LogP contribution in [0, 0.1) is 12.7 Å². The van der Waals surface area contributed by atoms with Gasteiger partial charge in [-0.2, -0.15) is 0 Å². The van der Waals surface area contributed by atoms with Crippen LogP contribution >= 0.6 is 0 Å². The lowest BCUT2D eigenvalue weighted by Gasteiger charge is -2.28. The van der Waals surface area contributed by atoms with Crippen LogP contribution in [0.3, 0.4) is 0 Å². The average Bonchev–Trinajstić information content (AvgIpc) is 3.28. The minimum Gasteiger partial charge on any atom is -0.472 e.